The Bertz CT molecular complexity index is 971. The molecule has 1 amide bonds. The maximum absolute atomic E-state index is 13.3. The van der Waals surface area contributed by atoms with E-state index in [1.54, 1.807) is 7.11 Å². The van der Waals surface area contributed by atoms with E-state index >= 15 is 0 Å². The lowest BCUT2D eigenvalue weighted by molar-refractivity contribution is -0.123. The second-order valence-electron chi connectivity index (χ2n) is 7.52. The largest absolute Gasteiger partial charge is 0.497 e. The van der Waals surface area contributed by atoms with Crippen LogP contribution in [0.15, 0.2) is 42.5 Å². The van der Waals surface area contributed by atoms with E-state index in [1.165, 1.54) is 4.31 Å². The fourth-order valence-corrected chi connectivity index (χ4v) is 4.78. The lowest BCUT2D eigenvalue weighted by Crippen LogP contribution is -2.50. The van der Waals surface area contributed by atoms with Crippen molar-refractivity contribution >= 4 is 21.6 Å². The van der Waals surface area contributed by atoms with Gasteiger partial charge in [0.15, 0.2) is 0 Å². The van der Waals surface area contributed by atoms with Gasteiger partial charge in [-0.25, -0.2) is 8.42 Å². The number of aryl methyl sites for hydroxylation is 2. The molecule has 2 rings (SSSR count). The van der Waals surface area contributed by atoms with Crippen molar-refractivity contribution in [2.75, 3.05) is 17.7 Å². The number of hydrogen-bond acceptors (Lipinski definition) is 4. The average Bonchev–Trinajstić information content (AvgIpc) is 2.71. The van der Waals surface area contributed by atoms with E-state index in [9.17, 15) is 13.2 Å². The second-order valence-corrected chi connectivity index (χ2v) is 9.37. The molecule has 0 aliphatic carbocycles. The zero-order chi connectivity index (χ0) is 22.5. The Hall–Kier alpha value is -2.54. The number of carbonyl (C=O) groups excluding carboxylic acids is 1. The minimum absolute atomic E-state index is 0.225. The van der Waals surface area contributed by atoms with Gasteiger partial charge >= 0.3 is 0 Å². The first-order chi connectivity index (χ1) is 14.1. The van der Waals surface area contributed by atoms with E-state index < -0.39 is 16.1 Å². The number of anilines is 1. The van der Waals surface area contributed by atoms with Gasteiger partial charge in [0.1, 0.15) is 11.8 Å². The maximum Gasteiger partial charge on any atom is 0.244 e. The quantitative estimate of drug-likeness (QED) is 0.647. The SMILES string of the molecule is CC[C@H](NC(=O)[C@H](CC)N(c1cc(C)ccc1C)S(C)(=O)=O)c1ccc(OC)cc1. The van der Waals surface area contributed by atoms with Crippen molar-refractivity contribution < 1.29 is 17.9 Å². The normalized spacial score (nSPS) is 13.4. The first-order valence-corrected chi connectivity index (χ1v) is 12.0. The van der Waals surface area contributed by atoms with Crippen LogP contribution in [0.25, 0.3) is 0 Å². The first kappa shape index (κ1) is 23.7. The van der Waals surface area contributed by atoms with Crippen LogP contribution < -0.4 is 14.4 Å². The molecule has 0 unspecified atom stereocenters. The van der Waals surface area contributed by atoms with Crippen LogP contribution >= 0.6 is 0 Å². The Morgan fingerprint density at radius 1 is 1.07 bits per heavy atom. The average molecular weight is 433 g/mol. The summed E-state index contributed by atoms with van der Waals surface area (Å²) < 4.78 is 31.9. The van der Waals surface area contributed by atoms with Gasteiger partial charge in [-0.15, -0.1) is 0 Å². The minimum atomic E-state index is -3.67. The highest BCUT2D eigenvalue weighted by molar-refractivity contribution is 7.92. The molecule has 2 atom stereocenters. The molecular formula is C23H32N2O4S. The summed E-state index contributed by atoms with van der Waals surface area (Å²) in [6.45, 7) is 7.56. The first-order valence-electron chi connectivity index (χ1n) is 10.1. The molecule has 0 radical (unpaired) electrons. The standard InChI is InChI=1S/C23H32N2O4S/c1-7-20(18-11-13-19(29-5)14-12-18)24-23(26)21(8-2)25(30(6,27)28)22-15-16(3)9-10-17(22)4/h9-15,20-21H,7-8H2,1-6H3,(H,24,26)/t20-,21-/m0/s1. The van der Waals surface area contributed by atoms with Gasteiger partial charge in [0.25, 0.3) is 0 Å². The highest BCUT2D eigenvalue weighted by atomic mass is 32.2. The van der Waals surface area contributed by atoms with Gasteiger partial charge in [0, 0.05) is 0 Å². The lowest BCUT2D eigenvalue weighted by Gasteiger charge is -2.32. The maximum atomic E-state index is 13.3. The molecule has 30 heavy (non-hydrogen) atoms. The van der Waals surface area contributed by atoms with Crippen molar-refractivity contribution in [2.24, 2.45) is 0 Å². The van der Waals surface area contributed by atoms with Crippen molar-refractivity contribution in [1.82, 2.24) is 5.32 Å². The van der Waals surface area contributed by atoms with Gasteiger partial charge < -0.3 is 10.1 Å². The number of methoxy groups -OCH3 is 1. The van der Waals surface area contributed by atoms with E-state index in [4.69, 9.17) is 4.74 Å². The number of amides is 1. The summed E-state index contributed by atoms with van der Waals surface area (Å²) in [5, 5.41) is 3.04. The molecule has 0 aliphatic rings. The third-order valence-electron chi connectivity index (χ3n) is 5.17. The molecule has 0 heterocycles. The Morgan fingerprint density at radius 3 is 2.20 bits per heavy atom. The molecule has 2 aromatic rings. The summed E-state index contributed by atoms with van der Waals surface area (Å²) in [4.78, 5) is 13.3. The summed E-state index contributed by atoms with van der Waals surface area (Å²) in [5.74, 6) is 0.427. The van der Waals surface area contributed by atoms with Crippen LogP contribution in [0.2, 0.25) is 0 Å². The van der Waals surface area contributed by atoms with E-state index in [2.05, 4.69) is 5.32 Å². The zero-order valence-corrected chi connectivity index (χ0v) is 19.4. The molecule has 0 saturated carbocycles. The Balaban J connectivity index is 2.38. The Morgan fingerprint density at radius 2 is 1.70 bits per heavy atom. The number of benzene rings is 2. The third-order valence-corrected chi connectivity index (χ3v) is 6.34. The molecule has 0 saturated heterocycles. The monoisotopic (exact) mass is 432 g/mol. The Kier molecular flexibility index (Phi) is 7.89. The molecule has 7 heteroatoms. The summed E-state index contributed by atoms with van der Waals surface area (Å²) in [7, 11) is -2.07. The number of sulfonamides is 1. The van der Waals surface area contributed by atoms with Crippen molar-refractivity contribution in [3.05, 3.63) is 59.2 Å². The van der Waals surface area contributed by atoms with E-state index in [0.29, 0.717) is 18.5 Å². The molecule has 1 N–H and O–H groups in total. The van der Waals surface area contributed by atoms with Crippen molar-refractivity contribution in [1.29, 1.82) is 0 Å². The molecule has 0 aliphatic heterocycles. The summed E-state index contributed by atoms with van der Waals surface area (Å²) >= 11 is 0. The predicted molar refractivity (Wildman–Crippen MR) is 121 cm³/mol. The molecule has 0 fully saturated rings. The highest BCUT2D eigenvalue weighted by Crippen LogP contribution is 2.28. The van der Waals surface area contributed by atoms with Gasteiger partial charge in [-0.05, 0) is 61.6 Å². The number of nitrogens with zero attached hydrogens (tertiary/aromatic N) is 1. The lowest BCUT2D eigenvalue weighted by atomic mass is 10.0. The van der Waals surface area contributed by atoms with Crippen LogP contribution in [-0.4, -0.2) is 33.7 Å². The molecule has 164 valence electrons. The van der Waals surface area contributed by atoms with Gasteiger partial charge in [0.05, 0.1) is 25.1 Å². The zero-order valence-electron chi connectivity index (χ0n) is 18.6. The number of rotatable bonds is 9. The van der Waals surface area contributed by atoms with E-state index in [-0.39, 0.29) is 11.9 Å². The highest BCUT2D eigenvalue weighted by Gasteiger charge is 2.33. The summed E-state index contributed by atoms with van der Waals surface area (Å²) in [6.07, 6.45) is 2.17. The van der Waals surface area contributed by atoms with Crippen LogP contribution in [0.3, 0.4) is 0 Å². The fourth-order valence-electron chi connectivity index (χ4n) is 3.52. The van der Waals surface area contributed by atoms with Gasteiger partial charge in [0.2, 0.25) is 15.9 Å². The molecule has 6 nitrogen and oxygen atoms in total. The summed E-state index contributed by atoms with van der Waals surface area (Å²) in [6, 6.07) is 12.1. The van der Waals surface area contributed by atoms with Crippen molar-refractivity contribution in [2.45, 2.75) is 52.6 Å². The third kappa shape index (κ3) is 5.53. The van der Waals surface area contributed by atoms with Crippen LogP contribution in [0.5, 0.6) is 5.75 Å². The minimum Gasteiger partial charge on any atom is -0.497 e. The molecule has 0 bridgehead atoms. The smallest absolute Gasteiger partial charge is 0.244 e. The molecule has 0 aromatic heterocycles. The van der Waals surface area contributed by atoms with Gasteiger partial charge in [-0.2, -0.15) is 0 Å². The van der Waals surface area contributed by atoms with Crippen molar-refractivity contribution in [3.8, 4) is 5.75 Å². The van der Waals surface area contributed by atoms with Crippen LogP contribution in [0.1, 0.15) is 49.4 Å². The fraction of sp³-hybridized carbons (Fsp3) is 0.435. The Labute approximate surface area is 180 Å². The van der Waals surface area contributed by atoms with Crippen LogP contribution in [0.4, 0.5) is 5.69 Å². The number of nitrogens with one attached hydrogen (secondary N) is 1. The van der Waals surface area contributed by atoms with E-state index in [1.807, 2.05) is 70.2 Å². The van der Waals surface area contributed by atoms with Crippen molar-refractivity contribution in [3.63, 3.8) is 0 Å². The van der Waals surface area contributed by atoms with Crippen LogP contribution in [0, 0.1) is 13.8 Å². The molecule has 2 aromatic carbocycles. The van der Waals surface area contributed by atoms with Crippen LogP contribution in [-0.2, 0) is 14.8 Å². The second kappa shape index (κ2) is 9.98. The number of ether oxygens (including phenoxy) is 1. The number of carbonyl (C=O) groups is 1. The van der Waals surface area contributed by atoms with Gasteiger partial charge in [-0.1, -0.05) is 38.1 Å². The molecule has 0 spiro atoms. The topological polar surface area (TPSA) is 75.7 Å². The summed E-state index contributed by atoms with van der Waals surface area (Å²) in [5.41, 5.74) is 3.22. The molecular weight excluding hydrogens is 400 g/mol. The number of hydrogen-bond donors (Lipinski definition) is 1. The predicted octanol–water partition coefficient (Wildman–Crippen LogP) is 4.12. The van der Waals surface area contributed by atoms with Gasteiger partial charge in [-0.3, -0.25) is 9.10 Å². The van der Waals surface area contributed by atoms with E-state index in [0.717, 1.165) is 28.7 Å².